The van der Waals surface area contributed by atoms with Crippen molar-refractivity contribution in [3.05, 3.63) is 24.3 Å². The number of benzene rings is 1. The van der Waals surface area contributed by atoms with E-state index < -0.39 is 0 Å². The highest BCUT2D eigenvalue weighted by molar-refractivity contribution is 5.90. The Labute approximate surface area is 90.7 Å². The van der Waals surface area contributed by atoms with E-state index in [4.69, 9.17) is 5.73 Å². The van der Waals surface area contributed by atoms with Gasteiger partial charge in [0.05, 0.1) is 0 Å². The van der Waals surface area contributed by atoms with E-state index in [0.29, 0.717) is 18.0 Å². The van der Waals surface area contributed by atoms with Crippen LogP contribution in [0.2, 0.25) is 0 Å². The van der Waals surface area contributed by atoms with E-state index in [1.54, 1.807) is 12.1 Å². The molecule has 0 aliphatic rings. The predicted octanol–water partition coefficient (Wildman–Crippen LogP) is 2.64. The highest BCUT2D eigenvalue weighted by Gasteiger charge is 2.06. The second kappa shape index (κ2) is 5.39. The molecule has 1 aromatic carbocycles. The third kappa shape index (κ3) is 4.02. The molecule has 0 aliphatic heterocycles. The van der Waals surface area contributed by atoms with Crippen molar-refractivity contribution < 1.29 is 4.79 Å². The Morgan fingerprint density at radius 3 is 2.53 bits per heavy atom. The normalized spacial score (nSPS) is 12.1. The molecule has 15 heavy (non-hydrogen) atoms. The summed E-state index contributed by atoms with van der Waals surface area (Å²) >= 11 is 0. The van der Waals surface area contributed by atoms with Gasteiger partial charge in [-0.15, -0.1) is 0 Å². The van der Waals surface area contributed by atoms with Crippen molar-refractivity contribution in [2.45, 2.75) is 26.7 Å². The Morgan fingerprint density at radius 1 is 1.40 bits per heavy atom. The maximum atomic E-state index is 11.5. The summed E-state index contributed by atoms with van der Waals surface area (Å²) in [5.41, 5.74) is 7.05. The first kappa shape index (κ1) is 11.6. The number of carbonyl (C=O) groups excluding carboxylic acids is 1. The van der Waals surface area contributed by atoms with Gasteiger partial charge in [0.25, 0.3) is 0 Å². The Balaban J connectivity index is 2.48. The molecule has 1 unspecified atom stereocenters. The summed E-state index contributed by atoms with van der Waals surface area (Å²) in [6.07, 6.45) is 1.59. The fraction of sp³-hybridized carbons (Fsp3) is 0.417. The number of amides is 1. The van der Waals surface area contributed by atoms with Gasteiger partial charge in [-0.25, -0.2) is 0 Å². The van der Waals surface area contributed by atoms with Crippen LogP contribution in [0.1, 0.15) is 26.7 Å². The molecule has 0 spiro atoms. The Hall–Kier alpha value is -1.51. The van der Waals surface area contributed by atoms with E-state index in [-0.39, 0.29) is 5.91 Å². The number of nitrogen functional groups attached to an aromatic ring is 1. The van der Waals surface area contributed by atoms with Crippen LogP contribution in [0, 0.1) is 5.92 Å². The molecule has 1 atom stereocenters. The molecular weight excluding hydrogens is 188 g/mol. The first-order valence-electron chi connectivity index (χ1n) is 5.27. The molecule has 1 aromatic rings. The second-order valence-corrected chi connectivity index (χ2v) is 3.89. The minimum atomic E-state index is 0.0640. The molecule has 3 heteroatoms. The van der Waals surface area contributed by atoms with Gasteiger partial charge in [0.2, 0.25) is 5.91 Å². The number of nitrogens with one attached hydrogen (secondary N) is 1. The number of anilines is 2. The molecule has 82 valence electrons. The molecule has 0 fully saturated rings. The molecule has 0 aromatic heterocycles. The van der Waals surface area contributed by atoms with E-state index in [1.807, 2.05) is 12.1 Å². The molecule has 0 heterocycles. The van der Waals surface area contributed by atoms with Crippen LogP contribution in [-0.4, -0.2) is 5.91 Å². The third-order valence-corrected chi connectivity index (χ3v) is 2.43. The molecule has 1 amide bonds. The SMILES string of the molecule is CCC(C)CC(=O)Nc1ccc(N)cc1. The van der Waals surface area contributed by atoms with Crippen molar-refractivity contribution in [3.8, 4) is 0 Å². The van der Waals surface area contributed by atoms with Gasteiger partial charge in [0.1, 0.15) is 0 Å². The van der Waals surface area contributed by atoms with Crippen molar-refractivity contribution in [2.24, 2.45) is 5.92 Å². The summed E-state index contributed by atoms with van der Waals surface area (Å²) < 4.78 is 0. The summed E-state index contributed by atoms with van der Waals surface area (Å²) in [6, 6.07) is 7.17. The zero-order valence-corrected chi connectivity index (χ0v) is 9.29. The lowest BCUT2D eigenvalue weighted by Crippen LogP contribution is -2.14. The van der Waals surface area contributed by atoms with E-state index in [1.165, 1.54) is 0 Å². The Kier molecular flexibility index (Phi) is 4.16. The molecular formula is C12H18N2O. The maximum Gasteiger partial charge on any atom is 0.224 e. The largest absolute Gasteiger partial charge is 0.399 e. The summed E-state index contributed by atoms with van der Waals surface area (Å²) in [7, 11) is 0. The van der Waals surface area contributed by atoms with E-state index in [0.717, 1.165) is 12.1 Å². The topological polar surface area (TPSA) is 55.1 Å². The fourth-order valence-electron chi connectivity index (χ4n) is 1.24. The number of rotatable bonds is 4. The number of nitrogens with two attached hydrogens (primary N) is 1. The van der Waals surface area contributed by atoms with E-state index in [9.17, 15) is 4.79 Å². The summed E-state index contributed by atoms with van der Waals surface area (Å²) in [5, 5.41) is 2.84. The lowest BCUT2D eigenvalue weighted by molar-refractivity contribution is -0.117. The minimum Gasteiger partial charge on any atom is -0.399 e. The van der Waals surface area contributed by atoms with Crippen LogP contribution in [0.3, 0.4) is 0 Å². The highest BCUT2D eigenvalue weighted by Crippen LogP contribution is 2.12. The molecule has 0 bridgehead atoms. The maximum absolute atomic E-state index is 11.5. The van der Waals surface area contributed by atoms with Crippen LogP contribution in [0.15, 0.2) is 24.3 Å². The van der Waals surface area contributed by atoms with E-state index >= 15 is 0 Å². The molecule has 0 saturated carbocycles. The molecule has 0 saturated heterocycles. The van der Waals surface area contributed by atoms with Crippen LogP contribution in [0.5, 0.6) is 0 Å². The third-order valence-electron chi connectivity index (χ3n) is 2.43. The smallest absolute Gasteiger partial charge is 0.224 e. The predicted molar refractivity (Wildman–Crippen MR) is 63.6 cm³/mol. The van der Waals surface area contributed by atoms with Gasteiger partial charge in [0.15, 0.2) is 0 Å². The second-order valence-electron chi connectivity index (χ2n) is 3.89. The zero-order chi connectivity index (χ0) is 11.3. The van der Waals surface area contributed by atoms with Crippen molar-refractivity contribution in [1.29, 1.82) is 0 Å². The van der Waals surface area contributed by atoms with Crippen molar-refractivity contribution in [3.63, 3.8) is 0 Å². The van der Waals surface area contributed by atoms with Crippen LogP contribution in [0.4, 0.5) is 11.4 Å². The van der Waals surface area contributed by atoms with E-state index in [2.05, 4.69) is 19.2 Å². The van der Waals surface area contributed by atoms with Gasteiger partial charge in [-0.1, -0.05) is 20.3 Å². The number of hydrogen-bond acceptors (Lipinski definition) is 2. The van der Waals surface area contributed by atoms with Crippen molar-refractivity contribution in [2.75, 3.05) is 11.1 Å². The van der Waals surface area contributed by atoms with Crippen LogP contribution in [-0.2, 0) is 4.79 Å². The van der Waals surface area contributed by atoms with Gasteiger partial charge in [-0.05, 0) is 30.2 Å². The van der Waals surface area contributed by atoms with Gasteiger partial charge < -0.3 is 11.1 Å². The minimum absolute atomic E-state index is 0.0640. The molecule has 0 aliphatic carbocycles. The fourth-order valence-corrected chi connectivity index (χ4v) is 1.24. The summed E-state index contributed by atoms with van der Waals surface area (Å²) in [5.74, 6) is 0.493. The summed E-state index contributed by atoms with van der Waals surface area (Å²) in [6.45, 7) is 4.16. The van der Waals surface area contributed by atoms with Gasteiger partial charge >= 0.3 is 0 Å². The van der Waals surface area contributed by atoms with Gasteiger partial charge in [0, 0.05) is 17.8 Å². The highest BCUT2D eigenvalue weighted by atomic mass is 16.1. The number of hydrogen-bond donors (Lipinski definition) is 2. The average molecular weight is 206 g/mol. The molecule has 3 nitrogen and oxygen atoms in total. The lowest BCUT2D eigenvalue weighted by Gasteiger charge is -2.09. The Bertz CT molecular complexity index is 319. The zero-order valence-electron chi connectivity index (χ0n) is 9.29. The molecule has 3 N–H and O–H groups in total. The Morgan fingerprint density at radius 2 is 2.00 bits per heavy atom. The van der Waals surface area contributed by atoms with Crippen molar-refractivity contribution >= 4 is 17.3 Å². The van der Waals surface area contributed by atoms with Crippen LogP contribution >= 0.6 is 0 Å². The molecule has 0 radical (unpaired) electrons. The van der Waals surface area contributed by atoms with Crippen LogP contribution < -0.4 is 11.1 Å². The summed E-state index contributed by atoms with van der Waals surface area (Å²) in [4.78, 5) is 11.5. The quantitative estimate of drug-likeness (QED) is 0.744. The van der Waals surface area contributed by atoms with Crippen molar-refractivity contribution in [1.82, 2.24) is 0 Å². The first-order valence-corrected chi connectivity index (χ1v) is 5.27. The van der Waals surface area contributed by atoms with Crippen LogP contribution in [0.25, 0.3) is 0 Å². The van der Waals surface area contributed by atoms with Gasteiger partial charge in [-0.3, -0.25) is 4.79 Å². The number of carbonyl (C=O) groups is 1. The molecule has 1 rings (SSSR count). The lowest BCUT2D eigenvalue weighted by atomic mass is 10.1. The first-order chi connectivity index (χ1) is 7.11. The standard InChI is InChI=1S/C12H18N2O/c1-3-9(2)8-12(15)14-11-6-4-10(13)5-7-11/h4-7,9H,3,8,13H2,1-2H3,(H,14,15). The van der Waals surface area contributed by atoms with Gasteiger partial charge in [-0.2, -0.15) is 0 Å². The monoisotopic (exact) mass is 206 g/mol. The average Bonchev–Trinajstić information content (AvgIpc) is 2.21.